The Bertz CT molecular complexity index is 373. The van der Waals surface area contributed by atoms with Crippen molar-refractivity contribution in [1.82, 2.24) is 0 Å². The van der Waals surface area contributed by atoms with Crippen LogP contribution in [0, 0.1) is 0 Å². The minimum absolute atomic E-state index is 0.214. The van der Waals surface area contributed by atoms with E-state index in [0.29, 0.717) is 5.69 Å². The van der Waals surface area contributed by atoms with Gasteiger partial charge in [0, 0.05) is 5.69 Å². The van der Waals surface area contributed by atoms with Crippen LogP contribution in [0.15, 0.2) is 30.3 Å². The van der Waals surface area contributed by atoms with Gasteiger partial charge in [-0.1, -0.05) is 18.2 Å². The molecule has 0 unspecified atom stereocenters. The summed E-state index contributed by atoms with van der Waals surface area (Å²) in [5.41, 5.74) is 0.656. The van der Waals surface area contributed by atoms with E-state index in [1.807, 2.05) is 6.07 Å². The molecule has 98 valence electrons. The second-order valence-electron chi connectivity index (χ2n) is 3.45. The van der Waals surface area contributed by atoms with E-state index in [1.165, 1.54) is 0 Å². The van der Waals surface area contributed by atoms with Gasteiger partial charge in [0.05, 0.1) is 13.2 Å². The number of carbonyl (C=O) groups excluding carboxylic acids is 2. The molecule has 0 saturated carbocycles. The van der Waals surface area contributed by atoms with Crippen LogP contribution in [-0.4, -0.2) is 31.2 Å². The monoisotopic (exact) mass is 251 g/mol. The summed E-state index contributed by atoms with van der Waals surface area (Å²) in [6.45, 7) is 3.79. The average molecular weight is 251 g/mol. The first-order valence-electron chi connectivity index (χ1n) is 5.83. The molecule has 0 aliphatic carbocycles. The molecule has 0 atom stereocenters. The summed E-state index contributed by atoms with van der Waals surface area (Å²) in [4.78, 5) is 23.4. The first-order chi connectivity index (χ1) is 8.69. The summed E-state index contributed by atoms with van der Waals surface area (Å²) in [7, 11) is 0. The van der Waals surface area contributed by atoms with Gasteiger partial charge in [-0.25, -0.2) is 9.59 Å². The Morgan fingerprint density at radius 1 is 1.06 bits per heavy atom. The third kappa shape index (κ3) is 4.08. The normalized spacial score (nSPS) is 9.94. The van der Waals surface area contributed by atoms with Gasteiger partial charge in [0.25, 0.3) is 0 Å². The molecule has 1 rings (SSSR count). The molecule has 5 nitrogen and oxygen atoms in total. The molecule has 0 aromatic heterocycles. The number of para-hydroxylation sites is 1. The van der Waals surface area contributed by atoms with Gasteiger partial charge < -0.3 is 14.8 Å². The second kappa shape index (κ2) is 7.32. The Hall–Kier alpha value is -2.04. The quantitative estimate of drug-likeness (QED) is 0.614. The number of benzene rings is 1. The second-order valence-corrected chi connectivity index (χ2v) is 3.45. The molecule has 0 saturated heterocycles. The highest BCUT2D eigenvalue weighted by atomic mass is 16.6. The van der Waals surface area contributed by atoms with E-state index in [0.717, 1.165) is 0 Å². The average Bonchev–Trinajstić information content (AvgIpc) is 2.37. The van der Waals surface area contributed by atoms with Gasteiger partial charge in [0.1, 0.15) is 0 Å². The third-order valence-electron chi connectivity index (χ3n) is 2.13. The van der Waals surface area contributed by atoms with E-state index in [1.54, 1.807) is 38.1 Å². The van der Waals surface area contributed by atoms with Crippen LogP contribution >= 0.6 is 0 Å². The minimum atomic E-state index is -1.13. The number of nitrogens with one attached hydrogen (secondary N) is 1. The van der Waals surface area contributed by atoms with Crippen molar-refractivity contribution in [2.45, 2.75) is 19.9 Å². The Labute approximate surface area is 106 Å². The van der Waals surface area contributed by atoms with Crippen molar-refractivity contribution < 1.29 is 19.1 Å². The molecular formula is C13H17NO4. The van der Waals surface area contributed by atoms with Crippen molar-refractivity contribution in [3.05, 3.63) is 30.3 Å². The molecule has 0 radical (unpaired) electrons. The maximum atomic E-state index is 11.7. The highest BCUT2D eigenvalue weighted by molar-refractivity contribution is 6.02. The molecule has 0 aliphatic heterocycles. The van der Waals surface area contributed by atoms with Gasteiger partial charge >= 0.3 is 11.9 Å². The van der Waals surface area contributed by atoms with Gasteiger partial charge in [-0.3, -0.25) is 0 Å². The number of ether oxygens (including phenoxy) is 2. The molecule has 0 spiro atoms. The van der Waals surface area contributed by atoms with Gasteiger partial charge in [0.15, 0.2) is 0 Å². The lowest BCUT2D eigenvalue weighted by molar-refractivity contribution is -0.155. The van der Waals surface area contributed by atoms with E-state index in [9.17, 15) is 9.59 Å². The molecule has 5 heteroatoms. The zero-order chi connectivity index (χ0) is 13.4. The Kier molecular flexibility index (Phi) is 5.70. The zero-order valence-corrected chi connectivity index (χ0v) is 10.5. The predicted octanol–water partition coefficient (Wildman–Crippen LogP) is 1.59. The highest BCUT2D eigenvalue weighted by Crippen LogP contribution is 2.09. The lowest BCUT2D eigenvalue weighted by Crippen LogP contribution is -2.40. The van der Waals surface area contributed by atoms with E-state index >= 15 is 0 Å². The fraction of sp³-hybridized carbons (Fsp3) is 0.385. The number of esters is 2. The first-order valence-corrected chi connectivity index (χ1v) is 5.83. The van der Waals surface area contributed by atoms with Crippen LogP contribution < -0.4 is 5.32 Å². The van der Waals surface area contributed by atoms with Crippen LogP contribution in [0.1, 0.15) is 13.8 Å². The lowest BCUT2D eigenvalue weighted by Gasteiger charge is -2.16. The highest BCUT2D eigenvalue weighted by Gasteiger charge is 2.29. The topological polar surface area (TPSA) is 64.6 Å². The summed E-state index contributed by atoms with van der Waals surface area (Å²) in [5.74, 6) is -1.28. The first kappa shape index (κ1) is 14.0. The van der Waals surface area contributed by atoms with Crippen LogP contribution in [0.25, 0.3) is 0 Å². The minimum Gasteiger partial charge on any atom is -0.464 e. The Balaban J connectivity index is 2.77. The molecule has 18 heavy (non-hydrogen) atoms. The molecule has 0 heterocycles. The Morgan fingerprint density at radius 2 is 1.56 bits per heavy atom. The molecule has 0 fully saturated rings. The zero-order valence-electron chi connectivity index (χ0n) is 10.5. The van der Waals surface area contributed by atoms with Crippen LogP contribution in [0.2, 0.25) is 0 Å². The number of anilines is 1. The van der Waals surface area contributed by atoms with E-state index < -0.39 is 18.0 Å². The van der Waals surface area contributed by atoms with E-state index in [2.05, 4.69) is 5.32 Å². The third-order valence-corrected chi connectivity index (χ3v) is 2.13. The summed E-state index contributed by atoms with van der Waals surface area (Å²) < 4.78 is 9.68. The number of carbonyl (C=O) groups is 2. The number of rotatable bonds is 6. The van der Waals surface area contributed by atoms with Gasteiger partial charge in [-0.15, -0.1) is 0 Å². The Morgan fingerprint density at radius 3 is 2.00 bits per heavy atom. The molecule has 1 aromatic carbocycles. The summed E-state index contributed by atoms with van der Waals surface area (Å²) in [5, 5.41) is 2.80. The largest absolute Gasteiger partial charge is 0.464 e. The van der Waals surface area contributed by atoms with Crippen molar-refractivity contribution in [2.24, 2.45) is 0 Å². The number of hydrogen-bond donors (Lipinski definition) is 1. The van der Waals surface area contributed by atoms with E-state index in [4.69, 9.17) is 9.47 Å². The maximum absolute atomic E-state index is 11.7. The van der Waals surface area contributed by atoms with Gasteiger partial charge in [0.2, 0.25) is 6.04 Å². The molecular weight excluding hydrogens is 234 g/mol. The van der Waals surface area contributed by atoms with Crippen molar-refractivity contribution >= 4 is 17.6 Å². The van der Waals surface area contributed by atoms with Crippen LogP contribution in [-0.2, 0) is 19.1 Å². The van der Waals surface area contributed by atoms with Crippen molar-refractivity contribution in [3.8, 4) is 0 Å². The molecule has 1 N–H and O–H groups in total. The molecule has 1 aromatic rings. The smallest absolute Gasteiger partial charge is 0.340 e. The molecule has 0 amide bonds. The fourth-order valence-corrected chi connectivity index (χ4v) is 1.37. The fourth-order valence-electron chi connectivity index (χ4n) is 1.37. The molecule has 0 bridgehead atoms. The van der Waals surface area contributed by atoms with Crippen LogP contribution in [0.3, 0.4) is 0 Å². The van der Waals surface area contributed by atoms with Gasteiger partial charge in [-0.05, 0) is 26.0 Å². The summed E-state index contributed by atoms with van der Waals surface area (Å²) in [6.07, 6.45) is 0. The van der Waals surface area contributed by atoms with E-state index in [-0.39, 0.29) is 13.2 Å². The van der Waals surface area contributed by atoms with Crippen LogP contribution in [0.4, 0.5) is 5.69 Å². The standard InChI is InChI=1S/C13H17NO4/c1-3-17-12(15)11(13(16)18-4-2)14-10-8-6-5-7-9-10/h5-9,11,14H,3-4H2,1-2H3. The van der Waals surface area contributed by atoms with Gasteiger partial charge in [-0.2, -0.15) is 0 Å². The number of hydrogen-bond acceptors (Lipinski definition) is 5. The summed E-state index contributed by atoms with van der Waals surface area (Å²) in [6, 6.07) is 7.82. The lowest BCUT2D eigenvalue weighted by atomic mass is 10.2. The van der Waals surface area contributed by atoms with Crippen LogP contribution in [0.5, 0.6) is 0 Å². The van der Waals surface area contributed by atoms with Crippen molar-refractivity contribution in [3.63, 3.8) is 0 Å². The van der Waals surface area contributed by atoms with Crippen molar-refractivity contribution in [1.29, 1.82) is 0 Å². The SMILES string of the molecule is CCOC(=O)C(Nc1ccccc1)C(=O)OCC. The molecule has 0 aliphatic rings. The summed E-state index contributed by atoms with van der Waals surface area (Å²) >= 11 is 0. The maximum Gasteiger partial charge on any atom is 0.340 e. The predicted molar refractivity (Wildman–Crippen MR) is 67.1 cm³/mol. The van der Waals surface area contributed by atoms with Crippen molar-refractivity contribution in [2.75, 3.05) is 18.5 Å².